The van der Waals surface area contributed by atoms with Crippen LogP contribution in [0.1, 0.15) is 55.1 Å². The lowest BCUT2D eigenvalue weighted by Crippen LogP contribution is -2.47. The predicted octanol–water partition coefficient (Wildman–Crippen LogP) is 3.89. The molecule has 0 saturated carbocycles. The lowest BCUT2D eigenvalue weighted by atomic mass is 10.0. The van der Waals surface area contributed by atoms with Crippen LogP contribution in [0, 0.1) is 0 Å². The number of carbonyl (C=O) groups excluding carboxylic acids is 2. The summed E-state index contributed by atoms with van der Waals surface area (Å²) in [5.41, 5.74) is 2.80. The average molecular weight is 452 g/mol. The van der Waals surface area contributed by atoms with E-state index in [4.69, 9.17) is 4.74 Å². The zero-order valence-corrected chi connectivity index (χ0v) is 20.3. The van der Waals surface area contributed by atoms with E-state index in [1.165, 1.54) is 5.56 Å². The van der Waals surface area contributed by atoms with Gasteiger partial charge in [0.05, 0.1) is 13.5 Å². The molecule has 33 heavy (non-hydrogen) atoms. The number of hydrogen-bond acceptors (Lipinski definition) is 4. The second-order valence-electron chi connectivity index (χ2n) is 8.97. The van der Waals surface area contributed by atoms with Gasteiger partial charge in [-0.05, 0) is 57.0 Å². The van der Waals surface area contributed by atoms with Gasteiger partial charge in [-0.3, -0.25) is 14.5 Å². The zero-order chi connectivity index (χ0) is 23.8. The number of ether oxygens (including phenoxy) is 1. The van der Waals surface area contributed by atoms with Crippen LogP contribution in [0.4, 0.5) is 0 Å². The number of piperidine rings is 1. The number of amides is 2. The number of rotatable bonds is 9. The van der Waals surface area contributed by atoms with Crippen LogP contribution in [-0.4, -0.2) is 60.4 Å². The SMILES string of the molecule is CCN(Cc1ccc(C(=O)NC2CCN(C(=O)Cc3ccccc3OC)CC2)cc1)C(C)C. The van der Waals surface area contributed by atoms with Gasteiger partial charge in [-0.25, -0.2) is 0 Å². The van der Waals surface area contributed by atoms with Crippen molar-refractivity contribution >= 4 is 11.8 Å². The number of hydrogen-bond donors (Lipinski definition) is 1. The molecule has 0 unspecified atom stereocenters. The molecule has 1 N–H and O–H groups in total. The van der Waals surface area contributed by atoms with Crippen LogP contribution in [0.3, 0.4) is 0 Å². The van der Waals surface area contributed by atoms with E-state index in [-0.39, 0.29) is 17.9 Å². The van der Waals surface area contributed by atoms with Gasteiger partial charge in [0.1, 0.15) is 5.75 Å². The van der Waals surface area contributed by atoms with Crippen molar-refractivity contribution in [1.82, 2.24) is 15.1 Å². The number of nitrogens with zero attached hydrogens (tertiary/aromatic N) is 2. The van der Waals surface area contributed by atoms with Gasteiger partial charge in [0.15, 0.2) is 0 Å². The van der Waals surface area contributed by atoms with E-state index >= 15 is 0 Å². The fourth-order valence-electron chi connectivity index (χ4n) is 4.32. The van der Waals surface area contributed by atoms with Gasteiger partial charge in [-0.15, -0.1) is 0 Å². The van der Waals surface area contributed by atoms with Gasteiger partial charge in [-0.2, -0.15) is 0 Å². The van der Waals surface area contributed by atoms with Crippen LogP contribution in [0.25, 0.3) is 0 Å². The molecule has 1 heterocycles. The topological polar surface area (TPSA) is 61.9 Å². The molecule has 0 radical (unpaired) electrons. The first kappa shape index (κ1) is 24.8. The summed E-state index contributed by atoms with van der Waals surface area (Å²) >= 11 is 0. The van der Waals surface area contributed by atoms with Gasteiger partial charge >= 0.3 is 0 Å². The van der Waals surface area contributed by atoms with Crippen molar-refractivity contribution in [1.29, 1.82) is 0 Å². The van der Waals surface area contributed by atoms with Gasteiger partial charge in [0, 0.05) is 42.8 Å². The molecule has 0 spiro atoms. The summed E-state index contributed by atoms with van der Waals surface area (Å²) < 4.78 is 5.36. The third kappa shape index (κ3) is 6.81. The van der Waals surface area contributed by atoms with Crippen molar-refractivity contribution < 1.29 is 14.3 Å². The molecule has 0 aliphatic carbocycles. The van der Waals surface area contributed by atoms with E-state index < -0.39 is 0 Å². The smallest absolute Gasteiger partial charge is 0.251 e. The second kappa shape index (κ2) is 11.8. The van der Waals surface area contributed by atoms with Gasteiger partial charge < -0.3 is 15.0 Å². The lowest BCUT2D eigenvalue weighted by molar-refractivity contribution is -0.131. The minimum absolute atomic E-state index is 0.0449. The number of carbonyl (C=O) groups is 2. The van der Waals surface area contributed by atoms with Gasteiger partial charge in [-0.1, -0.05) is 37.3 Å². The first-order valence-corrected chi connectivity index (χ1v) is 11.9. The molecule has 1 aliphatic heterocycles. The third-order valence-electron chi connectivity index (χ3n) is 6.46. The molecule has 0 atom stereocenters. The van der Waals surface area contributed by atoms with Crippen molar-refractivity contribution in [3.8, 4) is 5.75 Å². The van der Waals surface area contributed by atoms with E-state index in [1.807, 2.05) is 53.4 Å². The monoisotopic (exact) mass is 451 g/mol. The van der Waals surface area contributed by atoms with Gasteiger partial charge in [0.2, 0.25) is 5.91 Å². The molecule has 2 aromatic carbocycles. The Labute approximate surface area is 197 Å². The molecule has 2 amide bonds. The van der Waals surface area contributed by atoms with E-state index in [1.54, 1.807) is 7.11 Å². The Hall–Kier alpha value is -2.86. The van der Waals surface area contributed by atoms with E-state index in [0.29, 0.717) is 31.1 Å². The molecule has 1 fully saturated rings. The maximum Gasteiger partial charge on any atom is 0.251 e. The summed E-state index contributed by atoms with van der Waals surface area (Å²) in [6, 6.07) is 16.1. The molecule has 2 aromatic rings. The molecule has 1 saturated heterocycles. The van der Waals surface area contributed by atoms with Gasteiger partial charge in [0.25, 0.3) is 5.91 Å². The third-order valence-corrected chi connectivity index (χ3v) is 6.46. The van der Waals surface area contributed by atoms with Crippen LogP contribution in [0.15, 0.2) is 48.5 Å². The molecular weight excluding hydrogens is 414 g/mol. The fraction of sp³-hybridized carbons (Fsp3) is 0.481. The van der Waals surface area contributed by atoms with Crippen molar-refractivity contribution in [3.05, 3.63) is 65.2 Å². The van der Waals surface area contributed by atoms with Crippen molar-refractivity contribution in [2.75, 3.05) is 26.7 Å². The normalized spacial score (nSPS) is 14.5. The Morgan fingerprint density at radius 2 is 1.76 bits per heavy atom. The Morgan fingerprint density at radius 3 is 2.36 bits per heavy atom. The largest absolute Gasteiger partial charge is 0.496 e. The molecule has 6 heteroatoms. The maximum absolute atomic E-state index is 12.7. The molecule has 3 rings (SSSR count). The van der Waals surface area contributed by atoms with E-state index in [9.17, 15) is 9.59 Å². The highest BCUT2D eigenvalue weighted by Crippen LogP contribution is 2.20. The molecule has 178 valence electrons. The van der Waals surface area contributed by atoms with Crippen LogP contribution >= 0.6 is 0 Å². The van der Waals surface area contributed by atoms with Crippen LogP contribution in [0.2, 0.25) is 0 Å². The Balaban J connectivity index is 1.47. The number of benzene rings is 2. The summed E-state index contributed by atoms with van der Waals surface area (Å²) in [4.78, 5) is 29.7. The summed E-state index contributed by atoms with van der Waals surface area (Å²) in [6.07, 6.45) is 1.86. The molecule has 0 bridgehead atoms. The summed E-state index contributed by atoms with van der Waals surface area (Å²) in [5.74, 6) is 0.796. The summed E-state index contributed by atoms with van der Waals surface area (Å²) in [7, 11) is 1.62. The van der Waals surface area contributed by atoms with Crippen molar-refractivity contribution in [3.63, 3.8) is 0 Å². The maximum atomic E-state index is 12.7. The standard InChI is InChI=1S/C27H37N3O3/c1-5-29(20(2)3)19-21-10-12-22(13-11-21)27(32)28-24-14-16-30(17-15-24)26(31)18-23-8-6-7-9-25(23)33-4/h6-13,20,24H,5,14-19H2,1-4H3,(H,28,32). The molecule has 0 aromatic heterocycles. The highest BCUT2D eigenvalue weighted by Gasteiger charge is 2.24. The Morgan fingerprint density at radius 1 is 1.09 bits per heavy atom. The lowest BCUT2D eigenvalue weighted by Gasteiger charge is -2.32. The minimum Gasteiger partial charge on any atom is -0.496 e. The predicted molar refractivity (Wildman–Crippen MR) is 131 cm³/mol. The quantitative estimate of drug-likeness (QED) is 0.628. The first-order chi connectivity index (χ1) is 15.9. The highest BCUT2D eigenvalue weighted by molar-refractivity contribution is 5.94. The molecule has 6 nitrogen and oxygen atoms in total. The van der Waals surface area contributed by atoms with E-state index in [2.05, 4.69) is 31.0 Å². The van der Waals surface area contributed by atoms with Crippen LogP contribution in [0.5, 0.6) is 5.75 Å². The van der Waals surface area contributed by atoms with Crippen LogP contribution in [-0.2, 0) is 17.8 Å². The average Bonchev–Trinajstić information content (AvgIpc) is 2.83. The Kier molecular flexibility index (Phi) is 8.89. The number of likely N-dealkylation sites (tertiary alicyclic amines) is 1. The van der Waals surface area contributed by atoms with Crippen molar-refractivity contribution in [2.45, 2.75) is 58.7 Å². The minimum atomic E-state index is -0.0449. The number of nitrogens with one attached hydrogen (secondary N) is 1. The second-order valence-corrected chi connectivity index (χ2v) is 8.97. The molecule has 1 aliphatic rings. The Bertz CT molecular complexity index is 918. The van der Waals surface area contributed by atoms with E-state index in [0.717, 1.165) is 37.2 Å². The summed E-state index contributed by atoms with van der Waals surface area (Å²) in [6.45, 7) is 9.75. The number of para-hydroxylation sites is 1. The molecular formula is C27H37N3O3. The van der Waals surface area contributed by atoms with Crippen LogP contribution < -0.4 is 10.1 Å². The zero-order valence-electron chi connectivity index (χ0n) is 20.3. The first-order valence-electron chi connectivity index (χ1n) is 11.9. The fourth-order valence-corrected chi connectivity index (χ4v) is 4.32. The van der Waals surface area contributed by atoms with Crippen molar-refractivity contribution in [2.24, 2.45) is 0 Å². The highest BCUT2D eigenvalue weighted by atomic mass is 16.5. The summed E-state index contributed by atoms with van der Waals surface area (Å²) in [5, 5.41) is 3.14. The number of methoxy groups -OCH3 is 1.